The fourth-order valence-electron chi connectivity index (χ4n) is 2.27. The predicted molar refractivity (Wildman–Crippen MR) is 102 cm³/mol. The average molecular weight is 395 g/mol. The van der Waals surface area contributed by atoms with E-state index in [1.54, 1.807) is 6.07 Å². The Morgan fingerprint density at radius 3 is 2.46 bits per heavy atom. The fraction of sp³-hybridized carbons (Fsp3) is 0.263. The second-order valence-electron chi connectivity index (χ2n) is 5.49. The molecule has 0 atom stereocenters. The number of nitrogens with one attached hydrogen (secondary N) is 2. The zero-order chi connectivity index (χ0) is 18.9. The molecule has 0 aliphatic heterocycles. The molecule has 2 rings (SSSR count). The van der Waals surface area contributed by atoms with Gasteiger partial charge < -0.3 is 15.4 Å². The number of halogens is 2. The number of carbonyl (C=O) groups excluding carboxylic acids is 2. The van der Waals surface area contributed by atoms with Crippen molar-refractivity contribution < 1.29 is 14.3 Å². The zero-order valence-corrected chi connectivity index (χ0v) is 15.9. The third-order valence-corrected chi connectivity index (χ3v) is 4.19. The van der Waals surface area contributed by atoms with Gasteiger partial charge in [-0.1, -0.05) is 47.5 Å². The Bertz CT molecular complexity index is 781. The number of amides is 2. The van der Waals surface area contributed by atoms with Crippen LogP contribution in [-0.2, 0) is 22.7 Å². The van der Waals surface area contributed by atoms with Crippen LogP contribution in [0.4, 0.5) is 0 Å². The van der Waals surface area contributed by atoms with Crippen molar-refractivity contribution in [2.75, 3.05) is 13.2 Å². The lowest BCUT2D eigenvalue weighted by Crippen LogP contribution is -2.36. The minimum Gasteiger partial charge on any atom is -0.377 e. The Kier molecular flexibility index (Phi) is 7.91. The van der Waals surface area contributed by atoms with E-state index in [0.29, 0.717) is 24.8 Å². The normalized spacial score (nSPS) is 10.4. The molecule has 0 bridgehead atoms. The lowest BCUT2D eigenvalue weighted by molar-refractivity contribution is -0.120. The molecule has 2 N–H and O–H groups in total. The second kappa shape index (κ2) is 10.2. The van der Waals surface area contributed by atoms with Crippen molar-refractivity contribution in [1.29, 1.82) is 0 Å². The van der Waals surface area contributed by atoms with Crippen LogP contribution in [0.15, 0.2) is 42.5 Å². The SMILES string of the molecule is CCOCc1ccccc1CNC(=O)CNC(=O)c1ccc(Cl)cc1Cl. The largest absolute Gasteiger partial charge is 0.377 e. The molecule has 138 valence electrons. The van der Waals surface area contributed by atoms with Gasteiger partial charge in [0.05, 0.1) is 23.7 Å². The van der Waals surface area contributed by atoms with Crippen LogP contribution < -0.4 is 10.6 Å². The fourth-order valence-corrected chi connectivity index (χ4v) is 2.76. The summed E-state index contributed by atoms with van der Waals surface area (Å²) in [7, 11) is 0. The minimum atomic E-state index is -0.432. The van der Waals surface area contributed by atoms with Crippen LogP contribution in [0, 0.1) is 0 Å². The van der Waals surface area contributed by atoms with Crippen LogP contribution in [0.25, 0.3) is 0 Å². The number of carbonyl (C=O) groups is 2. The first-order valence-corrected chi connectivity index (χ1v) is 8.91. The van der Waals surface area contributed by atoms with E-state index in [2.05, 4.69) is 10.6 Å². The molecular weight excluding hydrogens is 375 g/mol. The van der Waals surface area contributed by atoms with Gasteiger partial charge in [-0.2, -0.15) is 0 Å². The summed E-state index contributed by atoms with van der Waals surface area (Å²) < 4.78 is 5.42. The van der Waals surface area contributed by atoms with Gasteiger partial charge in [0.15, 0.2) is 0 Å². The molecule has 2 aromatic rings. The van der Waals surface area contributed by atoms with E-state index in [0.717, 1.165) is 11.1 Å². The molecule has 0 unspecified atom stereocenters. The van der Waals surface area contributed by atoms with Gasteiger partial charge in [-0.3, -0.25) is 9.59 Å². The summed E-state index contributed by atoms with van der Waals surface area (Å²) in [5, 5.41) is 6.00. The van der Waals surface area contributed by atoms with Crippen molar-refractivity contribution in [3.63, 3.8) is 0 Å². The summed E-state index contributed by atoms with van der Waals surface area (Å²) in [4.78, 5) is 24.1. The summed E-state index contributed by atoms with van der Waals surface area (Å²) in [6.45, 7) is 3.26. The zero-order valence-electron chi connectivity index (χ0n) is 14.4. The summed E-state index contributed by atoms with van der Waals surface area (Å²) in [5.74, 6) is -0.729. The molecule has 0 spiro atoms. The first kappa shape index (κ1) is 20.2. The van der Waals surface area contributed by atoms with E-state index >= 15 is 0 Å². The Balaban J connectivity index is 1.85. The van der Waals surface area contributed by atoms with E-state index in [9.17, 15) is 9.59 Å². The summed E-state index contributed by atoms with van der Waals surface area (Å²) >= 11 is 11.8. The molecule has 2 amide bonds. The Morgan fingerprint density at radius 2 is 1.77 bits per heavy atom. The predicted octanol–water partition coefficient (Wildman–Crippen LogP) is 3.58. The van der Waals surface area contributed by atoms with Crippen LogP contribution in [-0.4, -0.2) is 25.0 Å². The van der Waals surface area contributed by atoms with Crippen molar-refractivity contribution in [2.45, 2.75) is 20.1 Å². The van der Waals surface area contributed by atoms with Gasteiger partial charge in [-0.05, 0) is 36.2 Å². The third-order valence-electron chi connectivity index (χ3n) is 3.64. The number of benzene rings is 2. The molecule has 0 aromatic heterocycles. The summed E-state index contributed by atoms with van der Waals surface area (Å²) in [6, 6.07) is 12.3. The lowest BCUT2D eigenvalue weighted by atomic mass is 10.1. The molecule has 0 aliphatic rings. The van der Waals surface area contributed by atoms with E-state index in [1.165, 1.54) is 12.1 Å². The Labute approximate surface area is 162 Å². The van der Waals surface area contributed by atoms with Crippen LogP contribution in [0.3, 0.4) is 0 Å². The molecule has 7 heteroatoms. The third kappa shape index (κ3) is 6.02. The maximum absolute atomic E-state index is 12.1. The van der Waals surface area contributed by atoms with E-state index in [4.69, 9.17) is 27.9 Å². The van der Waals surface area contributed by atoms with Gasteiger partial charge in [-0.25, -0.2) is 0 Å². The topological polar surface area (TPSA) is 67.4 Å². The highest BCUT2D eigenvalue weighted by Gasteiger charge is 2.12. The van der Waals surface area contributed by atoms with Gasteiger partial charge >= 0.3 is 0 Å². The lowest BCUT2D eigenvalue weighted by Gasteiger charge is -2.11. The number of rotatable bonds is 8. The van der Waals surface area contributed by atoms with E-state index < -0.39 is 5.91 Å². The van der Waals surface area contributed by atoms with Gasteiger partial charge in [0.25, 0.3) is 5.91 Å². The number of ether oxygens (including phenoxy) is 1. The maximum atomic E-state index is 12.1. The highest BCUT2D eigenvalue weighted by Crippen LogP contribution is 2.20. The van der Waals surface area contributed by atoms with Crippen molar-refractivity contribution in [3.05, 3.63) is 69.2 Å². The van der Waals surface area contributed by atoms with Crippen LogP contribution in [0.1, 0.15) is 28.4 Å². The van der Waals surface area contributed by atoms with Crippen molar-refractivity contribution in [3.8, 4) is 0 Å². The van der Waals surface area contributed by atoms with Crippen molar-refractivity contribution in [2.24, 2.45) is 0 Å². The van der Waals surface area contributed by atoms with Gasteiger partial charge in [0.1, 0.15) is 0 Å². The average Bonchev–Trinajstić information content (AvgIpc) is 2.63. The quantitative estimate of drug-likeness (QED) is 0.718. The first-order chi connectivity index (χ1) is 12.5. The summed E-state index contributed by atoms with van der Waals surface area (Å²) in [6.07, 6.45) is 0. The second-order valence-corrected chi connectivity index (χ2v) is 6.33. The monoisotopic (exact) mass is 394 g/mol. The van der Waals surface area contributed by atoms with Crippen LogP contribution in [0.2, 0.25) is 10.0 Å². The molecule has 2 aromatic carbocycles. The minimum absolute atomic E-state index is 0.147. The van der Waals surface area contributed by atoms with Crippen molar-refractivity contribution in [1.82, 2.24) is 10.6 Å². The molecule has 0 fully saturated rings. The Morgan fingerprint density at radius 1 is 1.04 bits per heavy atom. The number of hydrogen-bond acceptors (Lipinski definition) is 3. The molecule has 0 aliphatic carbocycles. The molecule has 0 heterocycles. The standard InChI is InChI=1S/C19H20Cl2N2O3/c1-2-26-12-14-6-4-3-5-13(14)10-22-18(24)11-23-19(25)16-8-7-15(20)9-17(16)21/h3-9H,2,10-12H2,1H3,(H,22,24)(H,23,25). The van der Waals surface area contributed by atoms with Gasteiger partial charge in [0, 0.05) is 18.2 Å². The smallest absolute Gasteiger partial charge is 0.253 e. The van der Waals surface area contributed by atoms with E-state index in [1.807, 2.05) is 31.2 Å². The van der Waals surface area contributed by atoms with Crippen LogP contribution >= 0.6 is 23.2 Å². The van der Waals surface area contributed by atoms with Gasteiger partial charge in [-0.15, -0.1) is 0 Å². The molecule has 0 saturated carbocycles. The Hall–Kier alpha value is -2.08. The van der Waals surface area contributed by atoms with Crippen molar-refractivity contribution >= 4 is 35.0 Å². The number of hydrogen-bond donors (Lipinski definition) is 2. The molecule has 5 nitrogen and oxygen atoms in total. The molecule has 0 radical (unpaired) electrons. The highest BCUT2D eigenvalue weighted by molar-refractivity contribution is 6.36. The molecular formula is C19H20Cl2N2O3. The molecule has 26 heavy (non-hydrogen) atoms. The highest BCUT2D eigenvalue weighted by atomic mass is 35.5. The molecule has 0 saturated heterocycles. The van der Waals surface area contributed by atoms with E-state index in [-0.39, 0.29) is 23.0 Å². The maximum Gasteiger partial charge on any atom is 0.253 e. The first-order valence-electron chi connectivity index (χ1n) is 8.15. The van der Waals surface area contributed by atoms with Crippen LogP contribution in [0.5, 0.6) is 0 Å². The summed E-state index contributed by atoms with van der Waals surface area (Å²) in [5.41, 5.74) is 2.26. The van der Waals surface area contributed by atoms with Gasteiger partial charge in [0.2, 0.25) is 5.91 Å².